The summed E-state index contributed by atoms with van der Waals surface area (Å²) in [5, 5.41) is 0. The first kappa shape index (κ1) is 14.4. The van der Waals surface area contributed by atoms with E-state index in [2.05, 4.69) is 16.9 Å². The van der Waals surface area contributed by atoms with Crippen molar-refractivity contribution in [1.29, 1.82) is 0 Å². The predicted molar refractivity (Wildman–Crippen MR) is 85.4 cm³/mol. The number of para-hydroxylation sites is 2. The van der Waals surface area contributed by atoms with Gasteiger partial charge >= 0.3 is 0 Å². The minimum absolute atomic E-state index is 0.0548. The van der Waals surface area contributed by atoms with E-state index in [9.17, 15) is 0 Å². The Morgan fingerprint density at radius 1 is 1.32 bits per heavy atom. The van der Waals surface area contributed by atoms with Gasteiger partial charge in [0.1, 0.15) is 12.4 Å². The van der Waals surface area contributed by atoms with Gasteiger partial charge in [-0.05, 0) is 18.6 Å². The highest BCUT2D eigenvalue weighted by atomic mass is 16.6. The number of rotatable bonds is 4. The lowest BCUT2D eigenvalue weighted by Gasteiger charge is -2.30. The van der Waals surface area contributed by atoms with Gasteiger partial charge in [-0.2, -0.15) is 4.98 Å². The molecule has 0 saturated heterocycles. The standard InChI is InChI=1S/C16H20N4O2/c1-3-11-8-18-16(17)19-15(11)20(2)9-12-10-21-13-6-4-5-7-14(13)22-12/h4-8,12H,3,9-10H2,1-2H3,(H2,17,18,19). The van der Waals surface area contributed by atoms with Gasteiger partial charge in [0, 0.05) is 18.8 Å². The second-order valence-electron chi connectivity index (χ2n) is 5.31. The summed E-state index contributed by atoms with van der Waals surface area (Å²) >= 11 is 0. The zero-order valence-corrected chi connectivity index (χ0v) is 12.8. The molecular formula is C16H20N4O2. The maximum absolute atomic E-state index is 5.99. The van der Waals surface area contributed by atoms with Crippen LogP contribution in [0.2, 0.25) is 0 Å². The van der Waals surface area contributed by atoms with Crippen LogP contribution in [0.1, 0.15) is 12.5 Å². The van der Waals surface area contributed by atoms with Crippen LogP contribution in [0.3, 0.4) is 0 Å². The number of fused-ring (bicyclic) bond motifs is 1. The van der Waals surface area contributed by atoms with Gasteiger partial charge in [-0.25, -0.2) is 4.98 Å². The van der Waals surface area contributed by atoms with E-state index in [0.29, 0.717) is 13.2 Å². The summed E-state index contributed by atoms with van der Waals surface area (Å²) < 4.78 is 11.7. The van der Waals surface area contributed by atoms with Gasteiger partial charge in [-0.15, -0.1) is 0 Å². The van der Waals surface area contributed by atoms with E-state index >= 15 is 0 Å². The van der Waals surface area contributed by atoms with Crippen LogP contribution in [-0.2, 0) is 6.42 Å². The molecular weight excluding hydrogens is 280 g/mol. The minimum Gasteiger partial charge on any atom is -0.486 e. The van der Waals surface area contributed by atoms with E-state index in [0.717, 1.165) is 29.3 Å². The smallest absolute Gasteiger partial charge is 0.221 e. The predicted octanol–water partition coefficient (Wildman–Crippen LogP) is 1.90. The molecule has 1 aliphatic rings. The first-order valence-electron chi connectivity index (χ1n) is 7.38. The van der Waals surface area contributed by atoms with Gasteiger partial charge < -0.3 is 20.1 Å². The van der Waals surface area contributed by atoms with E-state index in [-0.39, 0.29) is 12.1 Å². The number of anilines is 2. The Kier molecular flexibility index (Phi) is 4.00. The number of benzene rings is 1. The number of hydrogen-bond donors (Lipinski definition) is 1. The summed E-state index contributed by atoms with van der Waals surface area (Å²) in [6.45, 7) is 3.25. The van der Waals surface area contributed by atoms with Crippen molar-refractivity contribution in [3.8, 4) is 11.5 Å². The van der Waals surface area contributed by atoms with Gasteiger partial charge in [0.15, 0.2) is 17.6 Å². The average molecular weight is 300 g/mol. The molecule has 0 bridgehead atoms. The summed E-state index contributed by atoms with van der Waals surface area (Å²) in [5.74, 6) is 2.70. The van der Waals surface area contributed by atoms with Crippen molar-refractivity contribution in [2.75, 3.05) is 30.8 Å². The summed E-state index contributed by atoms with van der Waals surface area (Å²) in [6, 6.07) is 7.71. The molecule has 116 valence electrons. The zero-order valence-electron chi connectivity index (χ0n) is 12.8. The normalized spacial score (nSPS) is 16.4. The fourth-order valence-electron chi connectivity index (χ4n) is 2.54. The van der Waals surface area contributed by atoms with Gasteiger partial charge in [-0.1, -0.05) is 19.1 Å². The Hall–Kier alpha value is -2.50. The van der Waals surface area contributed by atoms with Gasteiger partial charge in [-0.3, -0.25) is 0 Å². The Bertz CT molecular complexity index is 662. The summed E-state index contributed by atoms with van der Waals surface area (Å²) in [5.41, 5.74) is 6.78. The van der Waals surface area contributed by atoms with Crippen molar-refractivity contribution in [3.05, 3.63) is 36.0 Å². The number of likely N-dealkylation sites (N-methyl/N-ethyl adjacent to an activating group) is 1. The SMILES string of the molecule is CCc1cnc(N)nc1N(C)CC1COc2ccccc2O1. The molecule has 1 aromatic carbocycles. The molecule has 2 aromatic rings. The highest BCUT2D eigenvalue weighted by Crippen LogP contribution is 2.31. The number of aromatic nitrogens is 2. The Balaban J connectivity index is 1.73. The van der Waals surface area contributed by atoms with E-state index in [1.165, 1.54) is 0 Å². The number of ether oxygens (including phenoxy) is 2. The molecule has 22 heavy (non-hydrogen) atoms. The van der Waals surface area contributed by atoms with Crippen molar-refractivity contribution in [2.24, 2.45) is 0 Å². The molecule has 1 atom stereocenters. The number of nitrogens with zero attached hydrogens (tertiary/aromatic N) is 3. The molecule has 6 heteroatoms. The Labute approximate surface area is 129 Å². The molecule has 0 spiro atoms. The van der Waals surface area contributed by atoms with Crippen molar-refractivity contribution in [3.63, 3.8) is 0 Å². The van der Waals surface area contributed by atoms with Crippen molar-refractivity contribution < 1.29 is 9.47 Å². The maximum atomic E-state index is 5.99. The minimum atomic E-state index is -0.0548. The van der Waals surface area contributed by atoms with E-state index in [1.807, 2.05) is 36.2 Å². The van der Waals surface area contributed by atoms with Crippen molar-refractivity contribution in [1.82, 2.24) is 9.97 Å². The summed E-state index contributed by atoms with van der Waals surface area (Å²) in [6.07, 6.45) is 2.58. The van der Waals surface area contributed by atoms with Crippen LogP contribution < -0.4 is 20.1 Å². The van der Waals surface area contributed by atoms with E-state index in [4.69, 9.17) is 15.2 Å². The Morgan fingerprint density at radius 2 is 2.09 bits per heavy atom. The van der Waals surface area contributed by atoms with Crippen LogP contribution in [0.25, 0.3) is 0 Å². The first-order chi connectivity index (χ1) is 10.7. The van der Waals surface area contributed by atoms with Crippen LogP contribution in [0, 0.1) is 0 Å². The molecule has 1 unspecified atom stereocenters. The molecule has 2 heterocycles. The fourth-order valence-corrected chi connectivity index (χ4v) is 2.54. The molecule has 3 rings (SSSR count). The molecule has 0 fully saturated rings. The molecule has 1 aromatic heterocycles. The fraction of sp³-hybridized carbons (Fsp3) is 0.375. The summed E-state index contributed by atoms with van der Waals surface area (Å²) in [7, 11) is 1.98. The number of nitrogens with two attached hydrogens (primary N) is 1. The van der Waals surface area contributed by atoms with Gasteiger partial charge in [0.05, 0.1) is 6.54 Å². The second kappa shape index (κ2) is 6.09. The highest BCUT2D eigenvalue weighted by molar-refractivity contribution is 5.48. The zero-order chi connectivity index (χ0) is 15.5. The number of aryl methyl sites for hydroxylation is 1. The van der Waals surface area contributed by atoms with Crippen molar-refractivity contribution >= 4 is 11.8 Å². The quantitative estimate of drug-likeness (QED) is 0.929. The van der Waals surface area contributed by atoms with Crippen LogP contribution in [0.4, 0.5) is 11.8 Å². The molecule has 2 N–H and O–H groups in total. The first-order valence-corrected chi connectivity index (χ1v) is 7.38. The molecule has 1 aliphatic heterocycles. The molecule has 0 amide bonds. The number of hydrogen-bond acceptors (Lipinski definition) is 6. The molecule has 6 nitrogen and oxygen atoms in total. The number of nitrogen functional groups attached to an aromatic ring is 1. The molecule has 0 aliphatic carbocycles. The summed E-state index contributed by atoms with van der Waals surface area (Å²) in [4.78, 5) is 10.4. The Morgan fingerprint density at radius 3 is 2.86 bits per heavy atom. The van der Waals surface area contributed by atoms with Crippen LogP contribution in [-0.4, -0.2) is 36.3 Å². The van der Waals surface area contributed by atoms with E-state index < -0.39 is 0 Å². The molecule has 0 saturated carbocycles. The highest BCUT2D eigenvalue weighted by Gasteiger charge is 2.23. The van der Waals surface area contributed by atoms with Crippen LogP contribution in [0.15, 0.2) is 30.5 Å². The second-order valence-corrected chi connectivity index (χ2v) is 5.31. The van der Waals surface area contributed by atoms with Crippen molar-refractivity contribution in [2.45, 2.75) is 19.4 Å². The maximum Gasteiger partial charge on any atom is 0.221 e. The lowest BCUT2D eigenvalue weighted by Crippen LogP contribution is -2.40. The van der Waals surface area contributed by atoms with Gasteiger partial charge in [0.25, 0.3) is 0 Å². The molecule has 0 radical (unpaired) electrons. The van der Waals surface area contributed by atoms with Crippen LogP contribution >= 0.6 is 0 Å². The third kappa shape index (κ3) is 2.90. The van der Waals surface area contributed by atoms with E-state index in [1.54, 1.807) is 6.20 Å². The lowest BCUT2D eigenvalue weighted by molar-refractivity contribution is 0.0959. The van der Waals surface area contributed by atoms with Crippen LogP contribution in [0.5, 0.6) is 11.5 Å². The topological polar surface area (TPSA) is 73.5 Å². The lowest BCUT2D eigenvalue weighted by atomic mass is 10.2. The monoisotopic (exact) mass is 300 g/mol. The van der Waals surface area contributed by atoms with Gasteiger partial charge in [0.2, 0.25) is 5.95 Å². The average Bonchev–Trinajstić information content (AvgIpc) is 2.54. The third-order valence-electron chi connectivity index (χ3n) is 3.65. The largest absolute Gasteiger partial charge is 0.486 e. The third-order valence-corrected chi connectivity index (χ3v) is 3.65.